The molecule has 0 radical (unpaired) electrons. The number of nitrogens with zero attached hydrogens (tertiary/aromatic N) is 1. The third kappa shape index (κ3) is 3.65. The van der Waals surface area contributed by atoms with Crippen molar-refractivity contribution >= 4 is 52.2 Å². The quantitative estimate of drug-likeness (QED) is 0.612. The molecule has 1 fully saturated rings. The number of hydrogen-bond acceptors (Lipinski definition) is 5. The Morgan fingerprint density at radius 1 is 1.21 bits per heavy atom. The van der Waals surface area contributed by atoms with E-state index in [1.54, 1.807) is 32.1 Å². The van der Waals surface area contributed by atoms with E-state index in [9.17, 15) is 19.5 Å². The van der Waals surface area contributed by atoms with Crippen LogP contribution >= 0.6 is 24.0 Å². The van der Waals surface area contributed by atoms with Crippen molar-refractivity contribution in [2.75, 3.05) is 0 Å². The van der Waals surface area contributed by atoms with Crippen molar-refractivity contribution in [3.05, 3.63) is 40.3 Å². The van der Waals surface area contributed by atoms with Crippen molar-refractivity contribution in [2.24, 2.45) is 5.92 Å². The first-order valence-corrected chi connectivity index (χ1v) is 8.28. The average Bonchev–Trinajstić information content (AvgIpc) is 2.75. The van der Waals surface area contributed by atoms with E-state index in [4.69, 9.17) is 17.3 Å². The molecule has 126 valence electrons. The van der Waals surface area contributed by atoms with E-state index in [1.807, 2.05) is 0 Å². The van der Waals surface area contributed by atoms with Gasteiger partial charge in [0.05, 0.1) is 10.5 Å². The highest BCUT2D eigenvalue weighted by Crippen LogP contribution is 2.35. The highest BCUT2D eigenvalue weighted by atomic mass is 32.2. The number of amides is 1. The summed E-state index contributed by atoms with van der Waals surface area (Å²) in [4.78, 5) is 36.3. The number of rotatable bonds is 5. The molecule has 2 rings (SSSR count). The number of thioether (sulfide) groups is 1. The Labute approximate surface area is 148 Å². The van der Waals surface area contributed by atoms with Gasteiger partial charge in [0.1, 0.15) is 10.4 Å². The molecular weight excluding hydrogens is 350 g/mol. The molecule has 24 heavy (non-hydrogen) atoms. The zero-order valence-corrected chi connectivity index (χ0v) is 14.6. The summed E-state index contributed by atoms with van der Waals surface area (Å²) in [5.74, 6) is -2.88. The molecule has 0 aromatic heterocycles. The largest absolute Gasteiger partial charge is 0.480 e. The third-order valence-electron chi connectivity index (χ3n) is 3.44. The second kappa shape index (κ2) is 7.14. The highest BCUT2D eigenvalue weighted by molar-refractivity contribution is 8.26. The van der Waals surface area contributed by atoms with Crippen molar-refractivity contribution < 1.29 is 24.6 Å². The van der Waals surface area contributed by atoms with E-state index >= 15 is 0 Å². The Balaban J connectivity index is 2.30. The van der Waals surface area contributed by atoms with Crippen LogP contribution in [0.2, 0.25) is 0 Å². The summed E-state index contributed by atoms with van der Waals surface area (Å²) in [6.07, 6.45) is 1.57. The number of hydrogen-bond donors (Lipinski definition) is 2. The Kier molecular flexibility index (Phi) is 5.40. The number of benzene rings is 1. The molecule has 0 bridgehead atoms. The molecule has 1 saturated heterocycles. The minimum Gasteiger partial charge on any atom is -0.480 e. The first-order chi connectivity index (χ1) is 11.2. The summed E-state index contributed by atoms with van der Waals surface area (Å²) < 4.78 is 0.203. The zero-order valence-electron chi connectivity index (χ0n) is 12.9. The molecule has 2 N–H and O–H groups in total. The van der Waals surface area contributed by atoms with Gasteiger partial charge in [0.15, 0.2) is 0 Å². The lowest BCUT2D eigenvalue weighted by atomic mass is 10.0. The van der Waals surface area contributed by atoms with E-state index in [0.717, 1.165) is 16.7 Å². The van der Waals surface area contributed by atoms with Crippen LogP contribution < -0.4 is 0 Å². The predicted molar refractivity (Wildman–Crippen MR) is 94.7 cm³/mol. The first kappa shape index (κ1) is 18.2. The van der Waals surface area contributed by atoms with Crippen molar-refractivity contribution in [2.45, 2.75) is 19.9 Å². The molecule has 1 aromatic carbocycles. The molecule has 0 aliphatic carbocycles. The summed E-state index contributed by atoms with van der Waals surface area (Å²) in [5.41, 5.74) is 0.780. The molecule has 0 saturated carbocycles. The van der Waals surface area contributed by atoms with Crippen LogP contribution in [0.15, 0.2) is 29.2 Å². The Morgan fingerprint density at radius 2 is 1.79 bits per heavy atom. The smallest absolute Gasteiger partial charge is 0.335 e. The van der Waals surface area contributed by atoms with Crippen molar-refractivity contribution in [3.63, 3.8) is 0 Å². The number of carboxylic acids is 2. The van der Waals surface area contributed by atoms with E-state index in [1.165, 1.54) is 12.1 Å². The van der Waals surface area contributed by atoms with Gasteiger partial charge in [-0.15, -0.1) is 0 Å². The van der Waals surface area contributed by atoms with Crippen molar-refractivity contribution in [1.82, 2.24) is 4.90 Å². The van der Waals surface area contributed by atoms with E-state index < -0.39 is 23.9 Å². The molecule has 1 aliphatic heterocycles. The molecular formula is C16H15NO5S2. The maximum absolute atomic E-state index is 12.5. The fraction of sp³-hybridized carbons (Fsp3) is 0.250. The summed E-state index contributed by atoms with van der Waals surface area (Å²) in [6, 6.07) is 5.00. The molecule has 1 amide bonds. The Bertz CT molecular complexity index is 739. The maximum atomic E-state index is 12.5. The minimum atomic E-state index is -1.10. The van der Waals surface area contributed by atoms with Gasteiger partial charge in [0.2, 0.25) is 0 Å². The SMILES string of the molecule is CC(C)C(C(=O)O)N1C(=O)/C(=C/c2ccc(C(=O)O)cc2)SC1=S. The molecule has 1 atom stereocenters. The van der Waals surface area contributed by atoms with Gasteiger partial charge in [-0.1, -0.05) is 50.0 Å². The summed E-state index contributed by atoms with van der Waals surface area (Å²) in [7, 11) is 0. The Morgan fingerprint density at radius 3 is 2.25 bits per heavy atom. The molecule has 1 aliphatic rings. The number of carbonyl (C=O) groups is 3. The van der Waals surface area contributed by atoms with Crippen molar-refractivity contribution in [3.8, 4) is 0 Å². The van der Waals surface area contributed by atoms with Gasteiger partial charge < -0.3 is 10.2 Å². The molecule has 1 aromatic rings. The maximum Gasteiger partial charge on any atom is 0.335 e. The lowest BCUT2D eigenvalue weighted by molar-refractivity contribution is -0.146. The van der Waals surface area contributed by atoms with E-state index in [0.29, 0.717) is 10.5 Å². The van der Waals surface area contributed by atoms with Crippen LogP contribution in [0, 0.1) is 5.92 Å². The van der Waals surface area contributed by atoms with E-state index in [2.05, 4.69) is 0 Å². The van der Waals surface area contributed by atoms with Crippen LogP contribution in [-0.4, -0.2) is 43.3 Å². The first-order valence-electron chi connectivity index (χ1n) is 7.05. The lowest BCUT2D eigenvalue weighted by Gasteiger charge is -2.26. The van der Waals surface area contributed by atoms with Gasteiger partial charge in [-0.2, -0.15) is 0 Å². The summed E-state index contributed by atoms with van der Waals surface area (Å²) in [5, 5.41) is 18.2. The van der Waals surface area contributed by atoms with Crippen molar-refractivity contribution in [1.29, 1.82) is 0 Å². The number of aliphatic carboxylic acids is 1. The van der Waals surface area contributed by atoms with Crippen LogP contribution in [0.25, 0.3) is 6.08 Å². The number of thiocarbonyl (C=S) groups is 1. The van der Waals surface area contributed by atoms with Gasteiger partial charge >= 0.3 is 11.9 Å². The van der Waals surface area contributed by atoms with Crippen LogP contribution in [0.5, 0.6) is 0 Å². The van der Waals surface area contributed by atoms with Crippen LogP contribution in [0.4, 0.5) is 0 Å². The number of carbonyl (C=O) groups excluding carboxylic acids is 1. The summed E-state index contributed by atoms with van der Waals surface area (Å²) >= 11 is 6.21. The molecule has 1 heterocycles. The van der Waals surface area contributed by atoms with Gasteiger partial charge in [0, 0.05) is 0 Å². The van der Waals surface area contributed by atoms with Gasteiger partial charge in [-0.25, -0.2) is 9.59 Å². The normalized spacial score (nSPS) is 17.6. The average molecular weight is 365 g/mol. The fourth-order valence-corrected chi connectivity index (χ4v) is 3.62. The third-order valence-corrected chi connectivity index (χ3v) is 4.77. The molecule has 0 spiro atoms. The highest BCUT2D eigenvalue weighted by Gasteiger charge is 2.41. The molecule has 8 heteroatoms. The van der Waals surface area contributed by atoms with Gasteiger partial charge in [-0.3, -0.25) is 9.69 Å². The van der Waals surface area contributed by atoms with Gasteiger partial charge in [0.25, 0.3) is 5.91 Å². The zero-order chi connectivity index (χ0) is 18.0. The minimum absolute atomic E-state index is 0.144. The fourth-order valence-electron chi connectivity index (χ4n) is 2.29. The molecule has 6 nitrogen and oxygen atoms in total. The second-order valence-corrected chi connectivity index (χ2v) is 7.18. The monoisotopic (exact) mass is 365 g/mol. The van der Waals surface area contributed by atoms with Crippen LogP contribution in [0.3, 0.4) is 0 Å². The van der Waals surface area contributed by atoms with Crippen LogP contribution in [0.1, 0.15) is 29.8 Å². The van der Waals surface area contributed by atoms with Crippen LogP contribution in [-0.2, 0) is 9.59 Å². The number of aromatic carboxylic acids is 1. The standard InChI is InChI=1S/C16H15NO5S2/c1-8(2)12(15(21)22)17-13(18)11(24-16(17)23)7-9-3-5-10(6-4-9)14(19)20/h3-8,12H,1-2H3,(H,19,20)(H,21,22)/b11-7-. The topological polar surface area (TPSA) is 94.9 Å². The summed E-state index contributed by atoms with van der Waals surface area (Å²) in [6.45, 7) is 3.43. The molecule has 1 unspecified atom stereocenters. The number of carboxylic acid groups (broad SMARTS) is 2. The second-order valence-electron chi connectivity index (χ2n) is 5.51. The predicted octanol–water partition coefficient (Wildman–Crippen LogP) is 2.70. The van der Waals surface area contributed by atoms with E-state index in [-0.39, 0.29) is 15.8 Å². The lowest BCUT2D eigenvalue weighted by Crippen LogP contribution is -2.47. The van der Waals surface area contributed by atoms with Gasteiger partial charge in [-0.05, 0) is 29.7 Å². The Hall–Kier alpha value is -2.19.